The average molecular weight is 751 g/mol. The molecule has 1 aliphatic carbocycles. The minimum absolute atomic E-state index is 0.0165. The molecular weight excluding hydrogens is 707 g/mol. The van der Waals surface area contributed by atoms with Gasteiger partial charge in [-0.25, -0.2) is 13.8 Å². The number of benzene rings is 2. The van der Waals surface area contributed by atoms with Gasteiger partial charge in [0.2, 0.25) is 0 Å². The van der Waals surface area contributed by atoms with E-state index in [1.165, 1.54) is 18.2 Å². The van der Waals surface area contributed by atoms with E-state index >= 15 is 4.39 Å². The predicted octanol–water partition coefficient (Wildman–Crippen LogP) is 7.13. The van der Waals surface area contributed by atoms with Crippen molar-refractivity contribution in [1.82, 2.24) is 25.2 Å². The molecule has 0 radical (unpaired) electrons. The van der Waals surface area contributed by atoms with E-state index in [1.54, 1.807) is 13.0 Å². The van der Waals surface area contributed by atoms with Gasteiger partial charge in [-0.05, 0) is 118 Å². The molecule has 1 saturated carbocycles. The summed E-state index contributed by atoms with van der Waals surface area (Å²) in [5.74, 6) is -1.11. The van der Waals surface area contributed by atoms with Crippen LogP contribution in [0.4, 0.5) is 27.8 Å². The van der Waals surface area contributed by atoms with Crippen LogP contribution in [0.2, 0.25) is 0 Å². The van der Waals surface area contributed by atoms with E-state index < -0.39 is 35.4 Å². The molecule has 286 valence electrons. The Morgan fingerprint density at radius 3 is 2.69 bits per heavy atom. The molecule has 2 aromatic carbocycles. The van der Waals surface area contributed by atoms with E-state index in [4.69, 9.17) is 24.4 Å². The topological polar surface area (TPSA) is 95.9 Å². The molecule has 0 spiro atoms. The fourth-order valence-electron chi connectivity index (χ4n) is 10.5. The van der Waals surface area contributed by atoms with Crippen LogP contribution in [0, 0.1) is 24.5 Å². The third kappa shape index (κ3) is 5.60. The van der Waals surface area contributed by atoms with Crippen LogP contribution in [0.3, 0.4) is 0 Å². The quantitative estimate of drug-likeness (QED) is 0.183. The van der Waals surface area contributed by atoms with Gasteiger partial charge in [-0.1, -0.05) is 6.07 Å². The van der Waals surface area contributed by atoms with Crippen molar-refractivity contribution in [3.05, 3.63) is 47.2 Å². The molecule has 4 aromatic rings. The Balaban J connectivity index is 1.03. The second-order valence-corrected chi connectivity index (χ2v) is 16.5. The molecule has 6 atom stereocenters. The number of aromatic nitrogens is 3. The van der Waals surface area contributed by atoms with Gasteiger partial charge in [0.05, 0.1) is 23.2 Å². The molecule has 0 amide bonds. The van der Waals surface area contributed by atoms with E-state index in [1.807, 2.05) is 0 Å². The first-order valence-corrected chi connectivity index (χ1v) is 19.4. The molecule has 10 rings (SSSR count). The highest BCUT2D eigenvalue weighted by Crippen LogP contribution is 2.47. The molecule has 14 heteroatoms. The van der Waals surface area contributed by atoms with Crippen molar-refractivity contribution in [3.63, 3.8) is 0 Å². The second kappa shape index (κ2) is 12.6. The molecule has 2 aromatic heterocycles. The number of aromatic hydroxyl groups is 1. The van der Waals surface area contributed by atoms with Gasteiger partial charge in [-0.3, -0.25) is 4.90 Å². The van der Waals surface area contributed by atoms with Crippen molar-refractivity contribution in [2.75, 3.05) is 31.2 Å². The molecule has 2 bridgehead atoms. The van der Waals surface area contributed by atoms with Gasteiger partial charge in [0, 0.05) is 36.3 Å². The minimum Gasteiger partial charge on any atom is -0.508 e. The number of hydrogen-bond donors (Lipinski definition) is 2. The molecule has 5 fully saturated rings. The summed E-state index contributed by atoms with van der Waals surface area (Å²) in [5.41, 5.74) is 0.857. The Kier molecular flexibility index (Phi) is 8.05. The largest absolute Gasteiger partial charge is 0.508 e. The molecule has 2 N–H and O–H groups in total. The maximum atomic E-state index is 17.3. The van der Waals surface area contributed by atoms with Crippen LogP contribution in [0.5, 0.6) is 11.8 Å². The maximum absolute atomic E-state index is 17.3. The van der Waals surface area contributed by atoms with E-state index in [9.17, 15) is 22.7 Å². The highest BCUT2D eigenvalue weighted by molar-refractivity contribution is 6.02. The van der Waals surface area contributed by atoms with Crippen molar-refractivity contribution >= 4 is 27.5 Å². The number of halogens is 5. The minimum atomic E-state index is -4.38. The SMILES string of the molecule is Cc1c(F)ccc2cc(O)cc(-c3nc4c5c(nc(OC[C@@]67CCCN6[C@H](COC(C6CC6)C(F)(F)F)CC7)nc5c3F)N3C[C@@H]5CC[C@@H](N5)[C@H]3CC4)c12. The highest BCUT2D eigenvalue weighted by Gasteiger charge is 2.53. The lowest BCUT2D eigenvalue weighted by Crippen LogP contribution is -2.58. The summed E-state index contributed by atoms with van der Waals surface area (Å²) in [6, 6.07) is 6.35. The van der Waals surface area contributed by atoms with Crippen molar-refractivity contribution in [2.24, 2.45) is 5.92 Å². The Bertz CT molecular complexity index is 2170. The second-order valence-electron chi connectivity index (χ2n) is 16.5. The van der Waals surface area contributed by atoms with Gasteiger partial charge < -0.3 is 24.8 Å². The third-order valence-corrected chi connectivity index (χ3v) is 13.2. The standard InChI is InChI=1S/C40H43F5N6O3/c1-20-27(41)7-5-22-15-25(52)16-26(31(20)22)34-33(42)35-32-29(47-34)9-10-30-28-8-6-23(46-28)17-50(30)37(32)49-38(48-35)54-19-39-12-2-14-51(39)24(11-13-39)18-53-36(21-3-4-21)40(43,44)45/h5,7,15-16,21,23-24,28,30,36,46,52H,2-4,6,8-14,17-19H2,1H3/t23-,24-,28+,30+,36?,39-/m0/s1. The number of piperazine rings is 1. The van der Waals surface area contributed by atoms with Crippen LogP contribution in [-0.4, -0.2) is 93.2 Å². The van der Waals surface area contributed by atoms with Gasteiger partial charge in [-0.2, -0.15) is 23.1 Å². The zero-order valence-electron chi connectivity index (χ0n) is 30.1. The molecule has 6 aliphatic rings. The van der Waals surface area contributed by atoms with E-state index in [0.717, 1.165) is 45.1 Å². The van der Waals surface area contributed by atoms with Gasteiger partial charge in [0.15, 0.2) is 11.9 Å². The lowest BCUT2D eigenvalue weighted by molar-refractivity contribution is -0.230. The average Bonchev–Trinajstić information content (AvgIpc) is 3.67. The van der Waals surface area contributed by atoms with Crippen LogP contribution in [0.25, 0.3) is 32.9 Å². The number of aryl methyl sites for hydroxylation is 2. The lowest BCUT2D eigenvalue weighted by atomic mass is 9.95. The summed E-state index contributed by atoms with van der Waals surface area (Å²) in [6.07, 6.45) is 1.48. The van der Waals surface area contributed by atoms with Gasteiger partial charge in [-0.15, -0.1) is 0 Å². The number of hydrogen-bond acceptors (Lipinski definition) is 9. The number of ether oxygens (including phenoxy) is 2. The fraction of sp³-hybridized carbons (Fsp3) is 0.575. The summed E-state index contributed by atoms with van der Waals surface area (Å²) in [6.45, 7) is 3.29. The van der Waals surface area contributed by atoms with Gasteiger partial charge in [0.1, 0.15) is 35.2 Å². The van der Waals surface area contributed by atoms with E-state index in [0.29, 0.717) is 65.5 Å². The molecule has 4 saturated heterocycles. The number of fused-ring (bicyclic) bond motifs is 7. The van der Waals surface area contributed by atoms with Crippen LogP contribution < -0.4 is 15.0 Å². The first-order chi connectivity index (χ1) is 26.0. The monoisotopic (exact) mass is 750 g/mol. The van der Waals surface area contributed by atoms with E-state index in [2.05, 4.69) is 15.1 Å². The molecule has 7 heterocycles. The van der Waals surface area contributed by atoms with Crippen molar-refractivity contribution in [2.45, 2.75) is 113 Å². The Labute approximate surface area is 309 Å². The molecule has 5 aliphatic heterocycles. The zero-order chi connectivity index (χ0) is 37.1. The van der Waals surface area contributed by atoms with Crippen LogP contribution in [0.1, 0.15) is 69.0 Å². The molecule has 54 heavy (non-hydrogen) atoms. The summed E-state index contributed by atoms with van der Waals surface area (Å²) in [5, 5.41) is 16.0. The summed E-state index contributed by atoms with van der Waals surface area (Å²) < 4.78 is 85.6. The van der Waals surface area contributed by atoms with Crippen LogP contribution in [-0.2, 0) is 11.2 Å². The van der Waals surface area contributed by atoms with Crippen molar-refractivity contribution in [1.29, 1.82) is 0 Å². The zero-order valence-corrected chi connectivity index (χ0v) is 30.1. The first kappa shape index (κ1) is 34.6. The first-order valence-electron chi connectivity index (χ1n) is 19.4. The number of phenols is 1. The Hall–Kier alpha value is -3.88. The number of pyridine rings is 1. The summed E-state index contributed by atoms with van der Waals surface area (Å²) in [7, 11) is 0. The third-order valence-electron chi connectivity index (χ3n) is 13.2. The predicted molar refractivity (Wildman–Crippen MR) is 192 cm³/mol. The number of nitrogens with zero attached hydrogens (tertiary/aromatic N) is 5. The molecule has 9 nitrogen and oxygen atoms in total. The number of alkyl halides is 3. The van der Waals surface area contributed by atoms with E-state index in [-0.39, 0.29) is 65.9 Å². The molecular formula is C40H43F5N6O3. The molecule has 1 unspecified atom stereocenters. The Morgan fingerprint density at radius 1 is 1.02 bits per heavy atom. The smallest absolute Gasteiger partial charge is 0.414 e. The Morgan fingerprint density at radius 2 is 1.87 bits per heavy atom. The fourth-order valence-corrected chi connectivity index (χ4v) is 10.5. The summed E-state index contributed by atoms with van der Waals surface area (Å²) >= 11 is 0. The highest BCUT2D eigenvalue weighted by atomic mass is 19.4. The van der Waals surface area contributed by atoms with Crippen LogP contribution in [0.15, 0.2) is 24.3 Å². The lowest BCUT2D eigenvalue weighted by Gasteiger charge is -2.41. The number of rotatable bonds is 8. The number of phenolic OH excluding ortho intramolecular Hbond substituents is 1. The van der Waals surface area contributed by atoms with Crippen molar-refractivity contribution in [3.8, 4) is 23.0 Å². The normalized spacial score (nSPS) is 28.4. The van der Waals surface area contributed by atoms with Gasteiger partial charge in [0.25, 0.3) is 0 Å². The van der Waals surface area contributed by atoms with Gasteiger partial charge >= 0.3 is 12.2 Å². The van der Waals surface area contributed by atoms with Crippen LogP contribution >= 0.6 is 0 Å². The number of nitrogens with one attached hydrogen (secondary N) is 1. The maximum Gasteiger partial charge on any atom is 0.414 e. The number of anilines is 1. The van der Waals surface area contributed by atoms with Crippen molar-refractivity contribution < 1.29 is 36.5 Å². The summed E-state index contributed by atoms with van der Waals surface area (Å²) in [4.78, 5) is 19.2.